The van der Waals surface area contributed by atoms with Gasteiger partial charge in [-0.3, -0.25) is 19.2 Å². The second kappa shape index (κ2) is 12.6. The zero-order chi connectivity index (χ0) is 34.4. The van der Waals surface area contributed by atoms with Gasteiger partial charge in [-0.15, -0.1) is 0 Å². The molecule has 0 unspecified atom stereocenters. The van der Waals surface area contributed by atoms with Crippen molar-refractivity contribution >= 4 is 34.7 Å². The number of aryl methyl sites for hydroxylation is 1. The maximum Gasteiger partial charge on any atom is 0.253 e. The van der Waals surface area contributed by atoms with Crippen LogP contribution in [0.15, 0.2) is 109 Å². The number of allylic oxidation sites excluding steroid dienone is 2. The van der Waals surface area contributed by atoms with Crippen molar-refractivity contribution in [1.29, 1.82) is 0 Å². The number of aromatic nitrogens is 2. The molecule has 0 saturated carbocycles. The molecule has 1 N–H and O–H groups in total. The number of nitrogens with one attached hydrogen (secondary N) is 1. The molecule has 3 aliphatic rings. The van der Waals surface area contributed by atoms with Crippen LogP contribution in [0.2, 0.25) is 0 Å². The van der Waals surface area contributed by atoms with Gasteiger partial charge in [-0.2, -0.15) is 0 Å². The molecule has 9 nitrogen and oxygen atoms in total. The molecule has 0 bridgehead atoms. The van der Waals surface area contributed by atoms with Gasteiger partial charge in [0.2, 0.25) is 5.78 Å². The Morgan fingerprint density at radius 1 is 0.740 bits per heavy atom. The van der Waals surface area contributed by atoms with Crippen molar-refractivity contribution in [2.75, 3.05) is 31.5 Å². The van der Waals surface area contributed by atoms with Gasteiger partial charge in [0.1, 0.15) is 5.65 Å². The number of benzene rings is 3. The molecule has 2 aliphatic heterocycles. The molecule has 5 aromatic rings. The lowest BCUT2D eigenvalue weighted by Gasteiger charge is -2.47. The molecular formula is C41H37N5O4. The summed E-state index contributed by atoms with van der Waals surface area (Å²) in [5.74, 6) is -0.478. The first-order chi connectivity index (χ1) is 24.3. The Morgan fingerprint density at radius 2 is 1.40 bits per heavy atom. The fraction of sp³-hybridized carbons (Fsp3) is 0.244. The van der Waals surface area contributed by atoms with Gasteiger partial charge in [0.15, 0.2) is 5.78 Å². The first-order valence-corrected chi connectivity index (χ1v) is 17.2. The number of rotatable bonds is 5. The summed E-state index contributed by atoms with van der Waals surface area (Å²) >= 11 is 0. The van der Waals surface area contributed by atoms with Gasteiger partial charge >= 0.3 is 0 Å². The number of pyridine rings is 1. The van der Waals surface area contributed by atoms with Gasteiger partial charge in [0.05, 0.1) is 11.4 Å². The lowest BCUT2D eigenvalue weighted by atomic mass is 9.71. The molecule has 2 amide bonds. The van der Waals surface area contributed by atoms with E-state index in [0.717, 1.165) is 48.2 Å². The van der Waals surface area contributed by atoms with E-state index in [1.807, 2.05) is 88.1 Å². The first-order valence-electron chi connectivity index (χ1n) is 17.2. The van der Waals surface area contributed by atoms with E-state index in [0.29, 0.717) is 54.1 Å². The Bertz CT molecular complexity index is 2180. The molecule has 9 heteroatoms. The van der Waals surface area contributed by atoms with E-state index < -0.39 is 0 Å². The van der Waals surface area contributed by atoms with Crippen LogP contribution in [-0.2, 0) is 0 Å². The van der Waals surface area contributed by atoms with Gasteiger partial charge in [-0.25, -0.2) is 4.98 Å². The highest BCUT2D eigenvalue weighted by Crippen LogP contribution is 2.42. The summed E-state index contributed by atoms with van der Waals surface area (Å²) in [6.45, 7) is 4.60. The number of fused-ring (bicyclic) bond motifs is 2. The second-order valence-corrected chi connectivity index (χ2v) is 13.7. The first kappa shape index (κ1) is 31.4. The normalized spacial score (nSPS) is 17.1. The Balaban J connectivity index is 0.885. The number of carbonyl (C=O) groups excluding carboxylic acids is 4. The number of anilines is 1. The third-order valence-corrected chi connectivity index (χ3v) is 10.7. The van der Waals surface area contributed by atoms with Gasteiger partial charge in [0.25, 0.3) is 11.8 Å². The third kappa shape index (κ3) is 5.78. The van der Waals surface area contributed by atoms with Crippen LogP contribution >= 0.6 is 0 Å². The largest absolute Gasteiger partial charge is 0.352 e. The fourth-order valence-corrected chi connectivity index (χ4v) is 7.56. The highest BCUT2D eigenvalue weighted by atomic mass is 16.2. The van der Waals surface area contributed by atoms with Gasteiger partial charge in [0, 0.05) is 78.2 Å². The Labute approximate surface area is 290 Å². The lowest BCUT2D eigenvalue weighted by molar-refractivity contribution is 0.0280. The number of likely N-dealkylation sites (tertiary alicyclic amines) is 2. The highest BCUT2D eigenvalue weighted by molar-refractivity contribution is 6.25. The molecule has 1 spiro atoms. The zero-order valence-corrected chi connectivity index (χ0v) is 27.9. The SMILES string of the molecule is Cc1ccc(C(=O)N2CCC3(CCN(C(=O)c4cccc(-c5cn6ccccc6n5)c4)CC3)CC2)cc1NC1=CC(=O)c2ccccc2C1=O. The topological polar surface area (TPSA) is 104 Å². The van der Waals surface area contributed by atoms with Crippen LogP contribution < -0.4 is 5.32 Å². The molecule has 8 rings (SSSR count). The minimum absolute atomic E-state index is 0.0427. The smallest absolute Gasteiger partial charge is 0.253 e. The predicted molar refractivity (Wildman–Crippen MR) is 191 cm³/mol. The van der Waals surface area contributed by atoms with Gasteiger partial charge < -0.3 is 19.5 Å². The van der Waals surface area contributed by atoms with Gasteiger partial charge in [-0.05, 0) is 80.0 Å². The number of hydrogen-bond donors (Lipinski definition) is 1. The van der Waals surface area contributed by atoms with Crippen LogP contribution in [0.25, 0.3) is 16.9 Å². The number of Topliss-reactive ketones (excluding diaryl/α,β-unsaturated/α-hetero) is 1. The number of carbonyl (C=O) groups is 4. The summed E-state index contributed by atoms with van der Waals surface area (Å²) < 4.78 is 1.98. The summed E-state index contributed by atoms with van der Waals surface area (Å²) in [6.07, 6.45) is 8.89. The fourth-order valence-electron chi connectivity index (χ4n) is 7.56. The molecular weight excluding hydrogens is 626 g/mol. The molecule has 2 aromatic heterocycles. The maximum atomic E-state index is 13.7. The van der Waals surface area contributed by atoms with Crippen molar-refractivity contribution < 1.29 is 19.2 Å². The van der Waals surface area contributed by atoms with Gasteiger partial charge in [-0.1, -0.05) is 48.5 Å². The van der Waals surface area contributed by atoms with E-state index in [1.54, 1.807) is 30.3 Å². The van der Waals surface area contributed by atoms with Crippen molar-refractivity contribution in [2.24, 2.45) is 5.41 Å². The molecule has 0 radical (unpaired) electrons. The van der Waals surface area contributed by atoms with Crippen molar-refractivity contribution in [3.8, 4) is 11.3 Å². The number of amides is 2. The minimum Gasteiger partial charge on any atom is -0.352 e. The van der Waals surface area contributed by atoms with Crippen LogP contribution in [0.3, 0.4) is 0 Å². The predicted octanol–water partition coefficient (Wildman–Crippen LogP) is 6.84. The summed E-state index contributed by atoms with van der Waals surface area (Å²) in [6, 6.07) is 25.9. The molecule has 2 fully saturated rings. The number of piperidine rings is 2. The Kier molecular flexibility index (Phi) is 7.90. The zero-order valence-electron chi connectivity index (χ0n) is 27.9. The van der Waals surface area contributed by atoms with Crippen molar-refractivity contribution in [3.63, 3.8) is 0 Å². The van der Waals surface area contributed by atoms with Crippen molar-refractivity contribution in [1.82, 2.24) is 19.2 Å². The van der Waals surface area contributed by atoms with E-state index in [4.69, 9.17) is 4.98 Å². The van der Waals surface area contributed by atoms with Crippen molar-refractivity contribution in [2.45, 2.75) is 32.6 Å². The summed E-state index contributed by atoms with van der Waals surface area (Å²) in [4.78, 5) is 61.7. The average Bonchev–Trinajstić information content (AvgIpc) is 3.60. The monoisotopic (exact) mass is 663 g/mol. The van der Waals surface area contributed by atoms with E-state index in [2.05, 4.69) is 5.32 Å². The second-order valence-electron chi connectivity index (χ2n) is 13.7. The van der Waals surface area contributed by atoms with Crippen LogP contribution in [-0.4, -0.2) is 68.7 Å². The van der Waals surface area contributed by atoms with Crippen LogP contribution in [0.4, 0.5) is 5.69 Å². The maximum absolute atomic E-state index is 13.7. The van der Waals surface area contributed by atoms with E-state index >= 15 is 0 Å². The molecule has 0 atom stereocenters. The van der Waals surface area contributed by atoms with E-state index in [1.165, 1.54) is 6.08 Å². The number of imidazole rings is 1. The molecule has 50 heavy (non-hydrogen) atoms. The third-order valence-electron chi connectivity index (χ3n) is 10.7. The summed E-state index contributed by atoms with van der Waals surface area (Å²) in [5, 5.41) is 3.14. The highest BCUT2D eigenvalue weighted by Gasteiger charge is 2.40. The Morgan fingerprint density at radius 3 is 2.10 bits per heavy atom. The molecule has 250 valence electrons. The summed E-state index contributed by atoms with van der Waals surface area (Å²) in [7, 11) is 0. The van der Waals surface area contributed by atoms with Crippen molar-refractivity contribution in [3.05, 3.63) is 137 Å². The standard InChI is InChI=1S/C41H37N5O4/c1-27-12-13-30(24-33(27)42-34-25-36(47)31-9-2-3-10-32(31)38(34)48)40(50)45-21-16-41(17-22-45)14-19-44(20-15-41)39(49)29-8-6-7-28(23-29)35-26-46-18-5-4-11-37(46)43-35/h2-13,18,23-26,42H,14-17,19-22H2,1H3. The number of ketones is 2. The van der Waals surface area contributed by atoms with Crippen LogP contribution in [0.5, 0.6) is 0 Å². The van der Waals surface area contributed by atoms with Crippen LogP contribution in [0, 0.1) is 12.3 Å². The number of nitrogens with zero attached hydrogens (tertiary/aromatic N) is 4. The lowest BCUT2D eigenvalue weighted by Crippen LogP contribution is -2.49. The average molecular weight is 664 g/mol. The van der Waals surface area contributed by atoms with E-state index in [9.17, 15) is 19.2 Å². The number of hydrogen-bond acceptors (Lipinski definition) is 6. The van der Waals surface area contributed by atoms with E-state index in [-0.39, 0.29) is 34.5 Å². The quantitative estimate of drug-likeness (QED) is 0.221. The molecule has 2 saturated heterocycles. The Hall–Kier alpha value is -5.83. The minimum atomic E-state index is -0.248. The molecule has 1 aliphatic carbocycles. The van der Waals surface area contributed by atoms with Crippen LogP contribution in [0.1, 0.15) is 72.7 Å². The molecule has 3 aromatic carbocycles. The molecule has 4 heterocycles. The summed E-state index contributed by atoms with van der Waals surface area (Å²) in [5.41, 5.74) is 6.40.